The van der Waals surface area contributed by atoms with Crippen molar-refractivity contribution in [3.8, 4) is 0 Å². The van der Waals surface area contributed by atoms with Gasteiger partial charge in [-0.05, 0) is 19.1 Å². The topological polar surface area (TPSA) is 66.8 Å². The van der Waals surface area contributed by atoms with Gasteiger partial charge in [0.25, 0.3) is 0 Å². The highest BCUT2D eigenvalue weighted by atomic mass is 35.5. The van der Waals surface area contributed by atoms with Gasteiger partial charge in [-0.1, -0.05) is 23.7 Å². The van der Waals surface area contributed by atoms with E-state index in [-0.39, 0.29) is 12.0 Å². The molecule has 0 aliphatic carbocycles. The number of methoxy groups -OCH3 is 1. The van der Waals surface area contributed by atoms with Crippen LogP contribution in [0.1, 0.15) is 13.3 Å². The maximum absolute atomic E-state index is 12.6. The molecule has 1 aliphatic rings. The second-order valence-corrected chi connectivity index (χ2v) is 6.92. The predicted molar refractivity (Wildman–Crippen MR) is 85.3 cm³/mol. The van der Waals surface area contributed by atoms with E-state index < -0.39 is 17.3 Å². The van der Waals surface area contributed by atoms with Crippen LogP contribution in [0.3, 0.4) is 0 Å². The lowest BCUT2D eigenvalue weighted by atomic mass is 10.2. The summed E-state index contributed by atoms with van der Waals surface area (Å²) >= 11 is 7.43. The zero-order chi connectivity index (χ0) is 16.3. The molecule has 1 aromatic carbocycles. The Balaban J connectivity index is 2.09. The van der Waals surface area contributed by atoms with Crippen LogP contribution < -0.4 is 0 Å². The highest BCUT2D eigenvalue weighted by Crippen LogP contribution is 2.32. The Morgan fingerprint density at radius 1 is 1.45 bits per heavy atom. The Morgan fingerprint density at radius 2 is 2.14 bits per heavy atom. The summed E-state index contributed by atoms with van der Waals surface area (Å²) in [4.78, 5) is 26.1. The maximum Gasteiger partial charge on any atom is 0.326 e. The number of ether oxygens (including phenoxy) is 1. The van der Waals surface area contributed by atoms with Gasteiger partial charge in [-0.2, -0.15) is 0 Å². The number of likely N-dealkylation sites (tertiary alicyclic amines) is 1. The number of rotatable bonds is 5. The number of hydrogen-bond acceptors (Lipinski definition) is 4. The number of carboxylic acid groups (broad SMARTS) is 1. The number of nitrogens with zero attached hydrogens (tertiary/aromatic N) is 1. The van der Waals surface area contributed by atoms with E-state index in [0.717, 1.165) is 4.90 Å². The number of thioether (sulfide) groups is 1. The van der Waals surface area contributed by atoms with Gasteiger partial charge in [0.05, 0.1) is 16.4 Å². The van der Waals surface area contributed by atoms with Gasteiger partial charge in [-0.3, -0.25) is 4.79 Å². The summed E-state index contributed by atoms with van der Waals surface area (Å²) in [6.45, 7) is 2.06. The molecule has 2 rings (SSSR count). The second-order valence-electron chi connectivity index (χ2n) is 5.13. The minimum Gasteiger partial charge on any atom is -0.480 e. The minimum absolute atomic E-state index is 0.211. The molecule has 0 bridgehead atoms. The van der Waals surface area contributed by atoms with Crippen LogP contribution in [0.5, 0.6) is 0 Å². The van der Waals surface area contributed by atoms with Gasteiger partial charge in [0.2, 0.25) is 5.91 Å². The van der Waals surface area contributed by atoms with Crippen LogP contribution in [-0.4, -0.2) is 52.9 Å². The molecule has 22 heavy (non-hydrogen) atoms. The second kappa shape index (κ2) is 7.35. The van der Waals surface area contributed by atoms with Crippen molar-refractivity contribution in [3.05, 3.63) is 29.3 Å². The lowest BCUT2D eigenvalue weighted by Gasteiger charge is -2.24. The van der Waals surface area contributed by atoms with E-state index in [2.05, 4.69) is 0 Å². The minimum atomic E-state index is -0.997. The molecule has 0 radical (unpaired) electrons. The fraction of sp³-hybridized carbons (Fsp3) is 0.467. The summed E-state index contributed by atoms with van der Waals surface area (Å²) in [7, 11) is 1.53. The van der Waals surface area contributed by atoms with E-state index in [1.165, 1.54) is 23.8 Å². The van der Waals surface area contributed by atoms with Crippen LogP contribution in [0.15, 0.2) is 29.2 Å². The van der Waals surface area contributed by atoms with Crippen molar-refractivity contribution >= 4 is 35.2 Å². The van der Waals surface area contributed by atoms with Gasteiger partial charge < -0.3 is 14.7 Å². The molecule has 0 aromatic heterocycles. The van der Waals surface area contributed by atoms with Crippen molar-refractivity contribution in [1.29, 1.82) is 0 Å². The van der Waals surface area contributed by atoms with E-state index >= 15 is 0 Å². The summed E-state index contributed by atoms with van der Waals surface area (Å²) in [6.07, 6.45) is 0.0868. The molecule has 1 fully saturated rings. The molecule has 1 heterocycles. The normalized spacial score (nSPS) is 22.6. The van der Waals surface area contributed by atoms with Crippen LogP contribution in [-0.2, 0) is 14.3 Å². The van der Waals surface area contributed by atoms with Gasteiger partial charge in [-0.25, -0.2) is 4.79 Å². The van der Waals surface area contributed by atoms with Crippen molar-refractivity contribution in [1.82, 2.24) is 4.90 Å². The van der Waals surface area contributed by atoms with Gasteiger partial charge in [-0.15, -0.1) is 11.8 Å². The van der Waals surface area contributed by atoms with E-state index in [1.807, 2.05) is 18.2 Å². The first-order valence-corrected chi connectivity index (χ1v) is 8.17. The van der Waals surface area contributed by atoms with Crippen molar-refractivity contribution in [2.45, 2.75) is 35.6 Å². The molecule has 3 unspecified atom stereocenters. The third kappa shape index (κ3) is 3.74. The molecular formula is C15H18ClNO4S. The average Bonchev–Trinajstić information content (AvgIpc) is 2.93. The van der Waals surface area contributed by atoms with Gasteiger partial charge in [0.15, 0.2) is 0 Å². The molecule has 1 N–H and O–H groups in total. The monoisotopic (exact) mass is 343 g/mol. The molecule has 0 saturated carbocycles. The first kappa shape index (κ1) is 17.1. The molecule has 1 aromatic rings. The van der Waals surface area contributed by atoms with Gasteiger partial charge in [0.1, 0.15) is 6.04 Å². The predicted octanol–water partition coefficient (Wildman–Crippen LogP) is 2.52. The van der Waals surface area contributed by atoms with Crippen molar-refractivity contribution < 1.29 is 19.4 Å². The van der Waals surface area contributed by atoms with E-state index in [0.29, 0.717) is 18.0 Å². The Kier molecular flexibility index (Phi) is 5.72. The average molecular weight is 344 g/mol. The fourth-order valence-electron chi connectivity index (χ4n) is 2.46. The van der Waals surface area contributed by atoms with E-state index in [9.17, 15) is 14.7 Å². The smallest absolute Gasteiger partial charge is 0.326 e. The quantitative estimate of drug-likeness (QED) is 0.832. The molecule has 7 heteroatoms. The summed E-state index contributed by atoms with van der Waals surface area (Å²) in [5, 5.41) is 9.45. The van der Waals surface area contributed by atoms with Gasteiger partial charge >= 0.3 is 5.97 Å². The standard InChI is InChI=1S/C15H18ClNO4S/c1-9(22-13-6-4-3-5-11(13)16)14(18)17-8-10(21-2)7-12(17)15(19)20/h3-6,9-10,12H,7-8H2,1-2H3,(H,19,20). The molecule has 1 saturated heterocycles. The molecule has 1 aliphatic heterocycles. The third-order valence-electron chi connectivity index (χ3n) is 3.65. The number of benzene rings is 1. The highest BCUT2D eigenvalue weighted by Gasteiger charge is 2.41. The first-order chi connectivity index (χ1) is 10.4. The summed E-state index contributed by atoms with van der Waals surface area (Å²) < 4.78 is 5.20. The number of halogens is 1. The lowest BCUT2D eigenvalue weighted by molar-refractivity contribution is -0.147. The summed E-state index contributed by atoms with van der Waals surface area (Å²) in [5.41, 5.74) is 0. The zero-order valence-electron chi connectivity index (χ0n) is 12.4. The first-order valence-electron chi connectivity index (χ1n) is 6.91. The van der Waals surface area contributed by atoms with Crippen molar-refractivity contribution in [2.75, 3.05) is 13.7 Å². The fourth-order valence-corrected chi connectivity index (χ4v) is 3.68. The molecule has 1 amide bonds. The highest BCUT2D eigenvalue weighted by molar-refractivity contribution is 8.00. The largest absolute Gasteiger partial charge is 0.480 e. The Bertz CT molecular complexity index is 568. The molecule has 5 nitrogen and oxygen atoms in total. The SMILES string of the molecule is COC1CC(C(=O)O)N(C(=O)C(C)Sc2ccccc2Cl)C1. The Morgan fingerprint density at radius 3 is 2.73 bits per heavy atom. The lowest BCUT2D eigenvalue weighted by Crippen LogP contribution is -2.44. The number of hydrogen-bond donors (Lipinski definition) is 1. The third-order valence-corrected chi connectivity index (χ3v) is 5.26. The Hall–Kier alpha value is -1.24. The maximum atomic E-state index is 12.6. The molecule has 120 valence electrons. The van der Waals surface area contributed by atoms with Crippen molar-refractivity contribution in [2.24, 2.45) is 0 Å². The molecule has 0 spiro atoms. The number of amides is 1. The van der Waals surface area contributed by atoms with Crippen LogP contribution >= 0.6 is 23.4 Å². The number of aliphatic carboxylic acids is 1. The zero-order valence-corrected chi connectivity index (χ0v) is 13.9. The number of carboxylic acids is 1. The summed E-state index contributed by atoms with van der Waals surface area (Å²) in [6, 6.07) is 6.45. The van der Waals surface area contributed by atoms with Gasteiger partial charge in [0, 0.05) is 25.0 Å². The van der Waals surface area contributed by atoms with Crippen molar-refractivity contribution in [3.63, 3.8) is 0 Å². The Labute approximate surface area is 138 Å². The number of carbonyl (C=O) groups excluding carboxylic acids is 1. The van der Waals surface area contributed by atoms with Crippen LogP contribution in [0.2, 0.25) is 5.02 Å². The van der Waals surface area contributed by atoms with Crippen LogP contribution in [0.25, 0.3) is 0 Å². The number of carbonyl (C=O) groups is 2. The molecular weight excluding hydrogens is 326 g/mol. The van der Waals surface area contributed by atoms with Crippen LogP contribution in [0.4, 0.5) is 0 Å². The van der Waals surface area contributed by atoms with Crippen LogP contribution in [0, 0.1) is 0 Å². The molecule has 3 atom stereocenters. The summed E-state index contributed by atoms with van der Waals surface area (Å²) in [5.74, 6) is -1.21. The van der Waals surface area contributed by atoms with E-state index in [4.69, 9.17) is 16.3 Å². The van der Waals surface area contributed by atoms with E-state index in [1.54, 1.807) is 13.0 Å².